The van der Waals surface area contributed by atoms with Crippen LogP contribution in [-0.2, 0) is 0 Å². The summed E-state index contributed by atoms with van der Waals surface area (Å²) in [5, 5.41) is 13.0. The normalized spacial score (nSPS) is 13.4. The molecule has 0 saturated heterocycles. The van der Waals surface area contributed by atoms with E-state index >= 15 is 0 Å². The number of nitrogens with one attached hydrogen (secondary N) is 1. The Balaban J connectivity index is 3.03. The highest BCUT2D eigenvalue weighted by Crippen LogP contribution is 2.37. The minimum atomic E-state index is -0.937. The summed E-state index contributed by atoms with van der Waals surface area (Å²) in [6.07, 6.45) is 0. The first kappa shape index (κ1) is 19.3. The van der Waals surface area contributed by atoms with Crippen LogP contribution >= 0.6 is 0 Å². The molecule has 0 saturated carbocycles. The maximum absolute atomic E-state index is 12.5. The first-order chi connectivity index (χ1) is 10.5. The maximum Gasteiger partial charge on any atom is 0.317 e. The van der Waals surface area contributed by atoms with Crippen LogP contribution in [0.2, 0.25) is 0 Å². The lowest BCUT2D eigenvalue weighted by molar-refractivity contribution is 0.0520. The van der Waals surface area contributed by atoms with E-state index in [9.17, 15) is 9.90 Å². The fraction of sp³-hybridized carbons (Fsp3) is 0.611. The first-order valence-corrected chi connectivity index (χ1v) is 7.82. The molecule has 0 spiro atoms. The summed E-state index contributed by atoms with van der Waals surface area (Å²) >= 11 is 0. The maximum atomic E-state index is 12.5. The minimum Gasteiger partial charge on any atom is -0.496 e. The number of carbonyl (C=O) groups excluding carboxylic acids is 1. The quantitative estimate of drug-likeness (QED) is 0.875. The molecule has 1 aromatic carbocycles. The molecule has 1 rings (SSSR count). The number of hydrogen-bond acceptors (Lipinski definition) is 3. The number of aliphatic hydroxyl groups is 1. The number of hydrogen-bond donors (Lipinski definition) is 2. The van der Waals surface area contributed by atoms with Gasteiger partial charge in [-0.3, -0.25) is 0 Å². The Hall–Kier alpha value is -1.75. The van der Waals surface area contributed by atoms with Crippen molar-refractivity contribution in [2.45, 2.75) is 46.3 Å². The molecule has 0 aliphatic heterocycles. The minimum absolute atomic E-state index is 0.195. The highest BCUT2D eigenvalue weighted by Gasteiger charge is 2.31. The number of para-hydroxylation sites is 1. The van der Waals surface area contributed by atoms with Crippen LogP contribution in [-0.4, -0.2) is 42.3 Å². The Morgan fingerprint density at radius 1 is 1.26 bits per heavy atom. The molecular formula is C18H30N2O3. The lowest BCUT2D eigenvalue weighted by Gasteiger charge is -2.35. The summed E-state index contributed by atoms with van der Waals surface area (Å²) in [5.41, 5.74) is -0.194. The van der Waals surface area contributed by atoms with Crippen LogP contribution in [0.25, 0.3) is 0 Å². The summed E-state index contributed by atoms with van der Waals surface area (Å²) in [7, 11) is 3.30. The molecule has 0 bridgehead atoms. The number of methoxy groups -OCH3 is 1. The van der Waals surface area contributed by atoms with Gasteiger partial charge in [0, 0.05) is 12.6 Å². The molecule has 1 atom stereocenters. The molecule has 23 heavy (non-hydrogen) atoms. The van der Waals surface area contributed by atoms with Crippen LogP contribution < -0.4 is 10.1 Å². The number of ether oxygens (including phenoxy) is 1. The second-order valence-corrected chi connectivity index (χ2v) is 7.66. The molecule has 2 amide bonds. The van der Waals surface area contributed by atoms with E-state index in [0.717, 1.165) is 11.3 Å². The Kier molecular flexibility index (Phi) is 6.05. The molecule has 2 N–H and O–H groups in total. The summed E-state index contributed by atoms with van der Waals surface area (Å²) in [5.74, 6) is 0.748. The second kappa shape index (κ2) is 7.21. The third-order valence-electron chi connectivity index (χ3n) is 3.55. The third-order valence-corrected chi connectivity index (χ3v) is 3.55. The van der Waals surface area contributed by atoms with Crippen molar-refractivity contribution in [3.8, 4) is 5.75 Å². The fourth-order valence-electron chi connectivity index (χ4n) is 2.55. The van der Waals surface area contributed by atoms with Crippen molar-refractivity contribution in [2.75, 3.05) is 20.7 Å². The summed E-state index contributed by atoms with van der Waals surface area (Å²) in [6, 6.07) is 7.26. The van der Waals surface area contributed by atoms with Gasteiger partial charge in [0.25, 0.3) is 0 Å². The number of amides is 2. The zero-order chi connectivity index (χ0) is 17.8. The Morgan fingerprint density at radius 2 is 1.83 bits per heavy atom. The van der Waals surface area contributed by atoms with Crippen LogP contribution in [0.3, 0.4) is 0 Å². The van der Waals surface area contributed by atoms with Crippen molar-refractivity contribution in [2.24, 2.45) is 5.41 Å². The van der Waals surface area contributed by atoms with Gasteiger partial charge in [0.1, 0.15) is 5.75 Å². The van der Waals surface area contributed by atoms with Gasteiger partial charge in [0.05, 0.1) is 25.3 Å². The highest BCUT2D eigenvalue weighted by molar-refractivity contribution is 5.74. The molecule has 0 aliphatic carbocycles. The van der Waals surface area contributed by atoms with E-state index in [1.165, 1.54) is 4.90 Å². The van der Waals surface area contributed by atoms with Crippen LogP contribution in [0.4, 0.5) is 4.79 Å². The van der Waals surface area contributed by atoms with E-state index in [4.69, 9.17) is 4.74 Å². The number of nitrogens with zero attached hydrogens (tertiary/aromatic N) is 1. The average molecular weight is 322 g/mol. The standard InChI is InChI=1S/C18H30N2O3/c1-17(2,3)15(13-10-8-9-11-14(13)23-7)19-16(21)20(6)12-18(4,5)22/h8-11,15,22H,12H2,1-7H3,(H,19,21). The van der Waals surface area contributed by atoms with Gasteiger partial charge in [-0.05, 0) is 25.3 Å². The van der Waals surface area contributed by atoms with Gasteiger partial charge >= 0.3 is 6.03 Å². The lowest BCUT2D eigenvalue weighted by Crippen LogP contribution is -2.47. The van der Waals surface area contributed by atoms with E-state index in [1.54, 1.807) is 28.0 Å². The van der Waals surface area contributed by atoms with Gasteiger partial charge in [0.15, 0.2) is 0 Å². The van der Waals surface area contributed by atoms with Crippen molar-refractivity contribution in [3.63, 3.8) is 0 Å². The number of urea groups is 1. The van der Waals surface area contributed by atoms with Crippen molar-refractivity contribution in [1.82, 2.24) is 10.2 Å². The number of carbonyl (C=O) groups is 1. The van der Waals surface area contributed by atoms with Crippen molar-refractivity contribution < 1.29 is 14.6 Å². The first-order valence-electron chi connectivity index (χ1n) is 7.82. The zero-order valence-corrected chi connectivity index (χ0v) is 15.3. The summed E-state index contributed by atoms with van der Waals surface area (Å²) in [4.78, 5) is 14.0. The molecule has 0 heterocycles. The molecule has 5 heteroatoms. The van der Waals surface area contributed by atoms with Crippen molar-refractivity contribution in [3.05, 3.63) is 29.8 Å². The summed E-state index contributed by atoms with van der Waals surface area (Å²) in [6.45, 7) is 9.82. The topological polar surface area (TPSA) is 61.8 Å². The second-order valence-electron chi connectivity index (χ2n) is 7.66. The van der Waals surface area contributed by atoms with Gasteiger partial charge < -0.3 is 20.1 Å². The average Bonchev–Trinajstić information content (AvgIpc) is 2.41. The number of benzene rings is 1. The van der Waals surface area contributed by atoms with Crippen LogP contribution in [0, 0.1) is 5.41 Å². The molecule has 1 unspecified atom stereocenters. The molecule has 0 aliphatic rings. The van der Waals surface area contributed by atoms with Crippen molar-refractivity contribution >= 4 is 6.03 Å². The molecule has 0 fully saturated rings. The monoisotopic (exact) mass is 322 g/mol. The van der Waals surface area contributed by atoms with Crippen LogP contribution in [0.5, 0.6) is 5.75 Å². The van der Waals surface area contributed by atoms with Crippen LogP contribution in [0.1, 0.15) is 46.2 Å². The summed E-state index contributed by atoms with van der Waals surface area (Å²) < 4.78 is 5.44. The molecule has 5 nitrogen and oxygen atoms in total. The van der Waals surface area contributed by atoms with E-state index in [1.807, 2.05) is 24.3 Å². The van der Waals surface area contributed by atoms with Crippen molar-refractivity contribution in [1.29, 1.82) is 0 Å². The Morgan fingerprint density at radius 3 is 2.30 bits per heavy atom. The fourth-order valence-corrected chi connectivity index (χ4v) is 2.55. The molecule has 0 aromatic heterocycles. The van der Waals surface area contributed by atoms with E-state index < -0.39 is 5.60 Å². The van der Waals surface area contributed by atoms with Gasteiger partial charge in [0.2, 0.25) is 0 Å². The van der Waals surface area contributed by atoms with E-state index in [2.05, 4.69) is 26.1 Å². The third kappa shape index (κ3) is 5.75. The number of likely N-dealkylation sites (N-methyl/N-ethyl adjacent to an activating group) is 1. The number of rotatable bonds is 5. The van der Waals surface area contributed by atoms with Gasteiger partial charge in [-0.1, -0.05) is 39.0 Å². The van der Waals surface area contributed by atoms with E-state index in [-0.39, 0.29) is 24.0 Å². The van der Waals surface area contributed by atoms with Gasteiger partial charge in [-0.15, -0.1) is 0 Å². The SMILES string of the molecule is COc1ccccc1C(NC(=O)N(C)CC(C)(C)O)C(C)(C)C. The van der Waals surface area contributed by atoms with E-state index in [0.29, 0.717) is 0 Å². The molecule has 1 aromatic rings. The Bertz CT molecular complexity index is 530. The zero-order valence-electron chi connectivity index (χ0n) is 15.3. The highest BCUT2D eigenvalue weighted by atomic mass is 16.5. The molecule has 130 valence electrons. The smallest absolute Gasteiger partial charge is 0.317 e. The predicted octanol–water partition coefficient (Wildman–Crippen LogP) is 3.19. The molecular weight excluding hydrogens is 292 g/mol. The molecule has 0 radical (unpaired) electrons. The lowest BCUT2D eigenvalue weighted by atomic mass is 9.82. The van der Waals surface area contributed by atoms with Gasteiger partial charge in [-0.25, -0.2) is 4.79 Å². The van der Waals surface area contributed by atoms with Gasteiger partial charge in [-0.2, -0.15) is 0 Å². The Labute approximate surface area is 139 Å². The largest absolute Gasteiger partial charge is 0.496 e. The predicted molar refractivity (Wildman–Crippen MR) is 92.6 cm³/mol. The van der Waals surface area contributed by atoms with Crippen LogP contribution in [0.15, 0.2) is 24.3 Å².